The fourth-order valence-corrected chi connectivity index (χ4v) is 1.20. The van der Waals surface area contributed by atoms with Crippen molar-refractivity contribution in [1.29, 1.82) is 0 Å². The summed E-state index contributed by atoms with van der Waals surface area (Å²) in [6.07, 6.45) is 0. The van der Waals surface area contributed by atoms with Crippen molar-refractivity contribution in [3.8, 4) is 0 Å². The van der Waals surface area contributed by atoms with Crippen LogP contribution in [0.1, 0.15) is 5.56 Å². The lowest BCUT2D eigenvalue weighted by Gasteiger charge is -1.98. The molecule has 0 radical (unpaired) electrons. The van der Waals surface area contributed by atoms with E-state index in [1.807, 2.05) is 19.1 Å². The highest BCUT2D eigenvalue weighted by Gasteiger charge is 1.99. The predicted octanol–water partition coefficient (Wildman–Crippen LogP) is 1.49. The molecular weight excluding hydrogens is 145 g/mol. The van der Waals surface area contributed by atoms with Crippen LogP contribution in [0.25, 0.3) is 0 Å². The number of hydrogen-bond acceptors (Lipinski definition) is 2. The van der Waals surface area contributed by atoms with Crippen LogP contribution < -0.4 is 11.0 Å². The van der Waals surface area contributed by atoms with E-state index in [9.17, 15) is 4.57 Å². The van der Waals surface area contributed by atoms with E-state index in [4.69, 9.17) is 5.73 Å². The van der Waals surface area contributed by atoms with Crippen LogP contribution in [0.2, 0.25) is 0 Å². The summed E-state index contributed by atoms with van der Waals surface area (Å²) < 4.78 is 10.5. The van der Waals surface area contributed by atoms with E-state index < -0.39 is 0 Å². The molecule has 0 spiro atoms. The van der Waals surface area contributed by atoms with Gasteiger partial charge in [-0.25, -0.2) is 0 Å². The Labute approximate surface area is 61.3 Å². The van der Waals surface area contributed by atoms with Gasteiger partial charge in [0.2, 0.25) is 0 Å². The van der Waals surface area contributed by atoms with E-state index in [1.165, 1.54) is 0 Å². The summed E-state index contributed by atoms with van der Waals surface area (Å²) in [5.74, 6) is 0. The molecule has 0 aliphatic heterocycles. The maximum Gasteiger partial charge on any atom is 0.194 e. The van der Waals surface area contributed by atoms with Crippen molar-refractivity contribution in [2.75, 3.05) is 5.73 Å². The lowest BCUT2D eigenvalue weighted by atomic mass is 10.2. The molecule has 52 valence electrons. The van der Waals surface area contributed by atoms with Crippen LogP contribution in [0.4, 0.5) is 5.69 Å². The summed E-state index contributed by atoms with van der Waals surface area (Å²) in [6, 6.07) is 5.48. The molecule has 0 fully saturated rings. The van der Waals surface area contributed by atoms with Crippen LogP contribution >= 0.6 is 8.46 Å². The summed E-state index contributed by atoms with van der Waals surface area (Å²) in [5.41, 5.74) is 7.09. The second-order valence-electron chi connectivity index (χ2n) is 2.10. The topological polar surface area (TPSA) is 43.1 Å². The summed E-state index contributed by atoms with van der Waals surface area (Å²) in [5, 5.41) is 0.697. The van der Waals surface area contributed by atoms with E-state index in [2.05, 4.69) is 0 Å². The van der Waals surface area contributed by atoms with Crippen LogP contribution in [-0.2, 0) is 4.57 Å². The molecule has 0 aliphatic rings. The van der Waals surface area contributed by atoms with Crippen molar-refractivity contribution in [3.05, 3.63) is 23.8 Å². The van der Waals surface area contributed by atoms with Crippen molar-refractivity contribution in [2.24, 2.45) is 0 Å². The summed E-state index contributed by atoms with van der Waals surface area (Å²) in [4.78, 5) is 0. The fraction of sp³-hybridized carbons (Fsp3) is 0.143. The molecule has 0 heterocycles. The van der Waals surface area contributed by atoms with Crippen LogP contribution in [-0.4, -0.2) is 0 Å². The van der Waals surface area contributed by atoms with Crippen molar-refractivity contribution < 1.29 is 4.57 Å². The average Bonchev–Trinajstić information content (AvgIpc) is 1.88. The quantitative estimate of drug-likeness (QED) is 0.490. The molecule has 0 unspecified atom stereocenters. The fourth-order valence-electron chi connectivity index (χ4n) is 0.806. The van der Waals surface area contributed by atoms with Crippen LogP contribution in [0.3, 0.4) is 0 Å². The molecule has 0 aromatic heterocycles. The zero-order chi connectivity index (χ0) is 7.56. The van der Waals surface area contributed by atoms with Gasteiger partial charge < -0.3 is 5.73 Å². The number of anilines is 1. The molecule has 2 nitrogen and oxygen atoms in total. The van der Waals surface area contributed by atoms with Gasteiger partial charge in [0.1, 0.15) is 0 Å². The Morgan fingerprint density at radius 1 is 1.50 bits per heavy atom. The number of benzene rings is 1. The Kier molecular flexibility index (Phi) is 2.03. The van der Waals surface area contributed by atoms with Gasteiger partial charge in [-0.1, -0.05) is 12.1 Å². The van der Waals surface area contributed by atoms with Gasteiger partial charge in [0.05, 0.1) is 5.30 Å². The van der Waals surface area contributed by atoms with E-state index in [-0.39, 0.29) is 8.46 Å². The van der Waals surface area contributed by atoms with E-state index in [0.717, 1.165) is 5.56 Å². The molecule has 10 heavy (non-hydrogen) atoms. The van der Waals surface area contributed by atoms with Gasteiger partial charge in [-0.05, 0) is 18.6 Å². The smallest absolute Gasteiger partial charge is 0.194 e. The third-order valence-electron chi connectivity index (χ3n) is 1.36. The first-order chi connectivity index (χ1) is 4.75. The maximum absolute atomic E-state index is 10.5. The normalized spacial score (nSPS) is 10.1. The molecule has 0 saturated heterocycles. The summed E-state index contributed by atoms with van der Waals surface area (Å²) in [7, 11) is -0.000123. The zero-order valence-electron chi connectivity index (χ0n) is 5.66. The van der Waals surface area contributed by atoms with Crippen molar-refractivity contribution >= 4 is 19.5 Å². The van der Waals surface area contributed by atoms with E-state index in [0.29, 0.717) is 11.0 Å². The lowest BCUT2D eigenvalue weighted by Crippen LogP contribution is -2.04. The standard InChI is InChI=1S/C7H8NOP/c1-5-3-2-4-6(8)7(5)10-9/h2-4H,8H2,1H3. The Morgan fingerprint density at radius 2 is 2.20 bits per heavy atom. The molecule has 0 atom stereocenters. The molecule has 0 amide bonds. The lowest BCUT2D eigenvalue weighted by molar-refractivity contribution is 0.603. The van der Waals surface area contributed by atoms with Gasteiger partial charge in [-0.2, -0.15) is 0 Å². The average molecular weight is 153 g/mol. The van der Waals surface area contributed by atoms with Crippen LogP contribution in [0, 0.1) is 6.92 Å². The third kappa shape index (κ3) is 1.17. The minimum absolute atomic E-state index is 0.000123. The molecule has 2 N–H and O–H groups in total. The Morgan fingerprint density at radius 3 is 2.60 bits per heavy atom. The van der Waals surface area contributed by atoms with Gasteiger partial charge in [-0.3, -0.25) is 4.57 Å². The molecule has 0 bridgehead atoms. The van der Waals surface area contributed by atoms with Crippen LogP contribution in [0.15, 0.2) is 18.2 Å². The molecule has 1 rings (SSSR count). The van der Waals surface area contributed by atoms with E-state index >= 15 is 0 Å². The monoisotopic (exact) mass is 153 g/mol. The number of aryl methyl sites for hydroxylation is 1. The number of rotatable bonds is 1. The van der Waals surface area contributed by atoms with Crippen molar-refractivity contribution in [1.82, 2.24) is 0 Å². The predicted molar refractivity (Wildman–Crippen MR) is 42.8 cm³/mol. The zero-order valence-corrected chi connectivity index (χ0v) is 6.56. The van der Waals surface area contributed by atoms with Crippen molar-refractivity contribution in [2.45, 2.75) is 6.92 Å². The highest BCUT2D eigenvalue weighted by Crippen LogP contribution is 2.09. The first-order valence-electron chi connectivity index (χ1n) is 2.94. The largest absolute Gasteiger partial charge is 0.398 e. The molecule has 3 heteroatoms. The van der Waals surface area contributed by atoms with Gasteiger partial charge in [0.25, 0.3) is 0 Å². The minimum atomic E-state index is -0.000123. The second-order valence-corrected chi connectivity index (χ2v) is 2.73. The first kappa shape index (κ1) is 7.23. The summed E-state index contributed by atoms with van der Waals surface area (Å²) >= 11 is 0. The highest BCUT2D eigenvalue weighted by molar-refractivity contribution is 7.34. The molecule has 0 aliphatic carbocycles. The van der Waals surface area contributed by atoms with Gasteiger partial charge in [0.15, 0.2) is 8.46 Å². The SMILES string of the molecule is Cc1cccc(N)c1P=O. The second kappa shape index (κ2) is 2.80. The van der Waals surface area contributed by atoms with Gasteiger partial charge in [0, 0.05) is 5.69 Å². The van der Waals surface area contributed by atoms with E-state index in [1.54, 1.807) is 6.07 Å². The van der Waals surface area contributed by atoms with Gasteiger partial charge >= 0.3 is 0 Å². The Bertz CT molecular complexity index is 240. The highest BCUT2D eigenvalue weighted by atomic mass is 31.1. The van der Waals surface area contributed by atoms with Crippen LogP contribution in [0.5, 0.6) is 0 Å². The molecule has 1 aromatic rings. The number of hydrogen-bond donors (Lipinski definition) is 1. The number of nitrogens with two attached hydrogens (primary N) is 1. The maximum atomic E-state index is 10.5. The Hall–Kier alpha value is -0.880. The Balaban J connectivity index is 3.30. The molecule has 0 saturated carbocycles. The van der Waals surface area contributed by atoms with Gasteiger partial charge in [-0.15, -0.1) is 0 Å². The molecular formula is C7H8NOP. The third-order valence-corrected chi connectivity index (χ3v) is 2.15. The first-order valence-corrected chi connectivity index (χ1v) is 3.75. The molecule has 1 aromatic carbocycles. The van der Waals surface area contributed by atoms with Crippen molar-refractivity contribution in [3.63, 3.8) is 0 Å². The number of nitrogen functional groups attached to an aromatic ring is 1. The summed E-state index contributed by atoms with van der Waals surface area (Å²) in [6.45, 7) is 1.89. The minimum Gasteiger partial charge on any atom is -0.398 e.